The van der Waals surface area contributed by atoms with Crippen LogP contribution in [0, 0.1) is 18.3 Å². The zero-order valence-corrected chi connectivity index (χ0v) is 18.2. The van der Waals surface area contributed by atoms with Gasteiger partial charge in [0.1, 0.15) is 12.1 Å². The molecule has 2 aromatic heterocycles. The highest BCUT2D eigenvalue weighted by Gasteiger charge is 2.17. The number of anilines is 2. The molecule has 4 rings (SSSR count). The Bertz CT molecular complexity index is 1380. The van der Waals surface area contributed by atoms with Gasteiger partial charge in [-0.1, -0.05) is 0 Å². The molecule has 0 fully saturated rings. The summed E-state index contributed by atoms with van der Waals surface area (Å²) in [6, 6.07) is 15.9. The highest BCUT2D eigenvalue weighted by Crippen LogP contribution is 2.25. The molecule has 0 atom stereocenters. The summed E-state index contributed by atoms with van der Waals surface area (Å²) in [5, 5.41) is 11.5. The summed E-state index contributed by atoms with van der Waals surface area (Å²) in [4.78, 5) is 34.8. The van der Waals surface area contributed by atoms with Crippen molar-refractivity contribution in [3.8, 4) is 11.8 Å². The Morgan fingerprint density at radius 1 is 1.12 bits per heavy atom. The zero-order valence-electron chi connectivity index (χ0n) is 18.2. The molecule has 9 heteroatoms. The van der Waals surface area contributed by atoms with Crippen molar-refractivity contribution in [1.29, 1.82) is 5.26 Å². The number of methoxy groups -OCH3 is 1. The lowest BCUT2D eigenvalue weighted by Crippen LogP contribution is -2.26. The van der Waals surface area contributed by atoms with Gasteiger partial charge in [0.15, 0.2) is 0 Å². The van der Waals surface area contributed by atoms with Crippen LogP contribution in [0.3, 0.4) is 0 Å². The van der Waals surface area contributed by atoms with E-state index in [1.165, 1.54) is 12.0 Å². The van der Waals surface area contributed by atoms with Crippen molar-refractivity contribution in [2.75, 3.05) is 24.4 Å². The number of nitrogens with zero attached hydrogens (tertiary/aromatic N) is 5. The largest absolute Gasteiger partial charge is 0.453 e. The Kier molecular flexibility index (Phi) is 5.74. The Morgan fingerprint density at radius 3 is 2.52 bits per heavy atom. The predicted octanol–water partition coefficient (Wildman–Crippen LogP) is 4.06. The molecule has 0 aliphatic heterocycles. The Morgan fingerprint density at radius 2 is 1.88 bits per heavy atom. The van der Waals surface area contributed by atoms with E-state index in [0.29, 0.717) is 22.6 Å². The van der Waals surface area contributed by atoms with Crippen LogP contribution in [0.5, 0.6) is 0 Å². The number of hydrogen-bond donors (Lipinski definition) is 1. The fourth-order valence-electron chi connectivity index (χ4n) is 3.45. The molecule has 164 valence electrons. The summed E-state index contributed by atoms with van der Waals surface area (Å²) in [7, 11) is 2.97. The van der Waals surface area contributed by atoms with Gasteiger partial charge < -0.3 is 9.64 Å². The topological polar surface area (TPSA) is 113 Å². The summed E-state index contributed by atoms with van der Waals surface area (Å²) in [5.74, 6) is 0.166. The third-order valence-electron chi connectivity index (χ3n) is 5.22. The van der Waals surface area contributed by atoms with Crippen molar-refractivity contribution in [1.82, 2.24) is 14.5 Å². The third-order valence-corrected chi connectivity index (χ3v) is 5.22. The minimum absolute atomic E-state index is 0.187. The molecule has 0 unspecified atom stereocenters. The smallest absolute Gasteiger partial charge is 0.412 e. The number of fused-ring (bicyclic) bond motifs is 1. The van der Waals surface area contributed by atoms with Gasteiger partial charge in [-0.25, -0.2) is 14.8 Å². The summed E-state index contributed by atoms with van der Waals surface area (Å²) >= 11 is 0. The van der Waals surface area contributed by atoms with Gasteiger partial charge in [-0.2, -0.15) is 5.26 Å². The van der Waals surface area contributed by atoms with E-state index in [4.69, 9.17) is 5.26 Å². The Balaban J connectivity index is 1.68. The molecule has 2 heterocycles. The average molecular weight is 440 g/mol. The molecule has 1 N–H and O–H groups in total. The van der Waals surface area contributed by atoms with Crippen LogP contribution in [0.1, 0.15) is 21.5 Å². The molecule has 0 aliphatic carbocycles. The standard InChI is InChI=1S/C24H20N6O3/c1-15-10-17(23(31)29(2)18-6-4-16(12-25)5-7-18)11-20-22(15)27-14-30(20)19-8-9-21(26-13-19)28-24(32)33-3/h4-11,13-14H,1-3H3,(H,26,28,32). The number of carbonyl (C=O) groups excluding carboxylic acids is 2. The summed E-state index contributed by atoms with van der Waals surface area (Å²) in [6.45, 7) is 1.90. The lowest BCUT2D eigenvalue weighted by atomic mass is 10.1. The number of carbonyl (C=O) groups is 2. The van der Waals surface area contributed by atoms with Crippen molar-refractivity contribution >= 4 is 34.5 Å². The normalized spacial score (nSPS) is 10.5. The second kappa shape index (κ2) is 8.80. The summed E-state index contributed by atoms with van der Waals surface area (Å²) < 4.78 is 6.40. The van der Waals surface area contributed by atoms with Gasteiger partial charge in [-0.15, -0.1) is 0 Å². The van der Waals surface area contributed by atoms with Crippen LogP contribution in [-0.4, -0.2) is 40.7 Å². The molecular formula is C24H20N6O3. The van der Waals surface area contributed by atoms with Gasteiger partial charge in [-0.3, -0.25) is 14.7 Å². The number of imidazole rings is 1. The van der Waals surface area contributed by atoms with E-state index in [1.807, 2.05) is 17.6 Å². The molecule has 2 aromatic carbocycles. The van der Waals surface area contributed by atoms with Crippen LogP contribution in [0.25, 0.3) is 16.7 Å². The minimum atomic E-state index is -0.603. The highest BCUT2D eigenvalue weighted by atomic mass is 16.5. The zero-order chi connectivity index (χ0) is 23.5. The minimum Gasteiger partial charge on any atom is -0.453 e. The van der Waals surface area contributed by atoms with Gasteiger partial charge >= 0.3 is 6.09 Å². The van der Waals surface area contributed by atoms with E-state index in [2.05, 4.69) is 26.1 Å². The Labute approximate surface area is 189 Å². The van der Waals surface area contributed by atoms with Crippen LogP contribution in [-0.2, 0) is 4.74 Å². The summed E-state index contributed by atoms with van der Waals surface area (Å²) in [6.07, 6.45) is 2.66. The van der Waals surface area contributed by atoms with E-state index in [1.54, 1.807) is 62.0 Å². The molecule has 33 heavy (non-hydrogen) atoms. The number of rotatable bonds is 4. The van der Waals surface area contributed by atoms with Crippen molar-refractivity contribution in [2.45, 2.75) is 6.92 Å². The quantitative estimate of drug-likeness (QED) is 0.512. The maximum absolute atomic E-state index is 13.2. The monoisotopic (exact) mass is 440 g/mol. The molecule has 0 aliphatic rings. The molecular weight excluding hydrogens is 420 g/mol. The third kappa shape index (κ3) is 4.22. The van der Waals surface area contributed by atoms with E-state index in [-0.39, 0.29) is 5.91 Å². The molecule has 0 radical (unpaired) electrons. The predicted molar refractivity (Wildman–Crippen MR) is 124 cm³/mol. The van der Waals surface area contributed by atoms with Crippen LogP contribution in [0.4, 0.5) is 16.3 Å². The second-order valence-corrected chi connectivity index (χ2v) is 7.32. The number of pyridine rings is 1. The summed E-state index contributed by atoms with van der Waals surface area (Å²) in [5.41, 5.74) is 4.82. The van der Waals surface area contributed by atoms with E-state index in [0.717, 1.165) is 22.3 Å². The van der Waals surface area contributed by atoms with Crippen LogP contribution < -0.4 is 10.2 Å². The first-order valence-electron chi connectivity index (χ1n) is 9.98. The molecule has 0 spiro atoms. The first-order valence-corrected chi connectivity index (χ1v) is 9.98. The van der Waals surface area contributed by atoms with Crippen molar-refractivity contribution in [3.63, 3.8) is 0 Å². The fourth-order valence-corrected chi connectivity index (χ4v) is 3.45. The van der Waals surface area contributed by atoms with Crippen LogP contribution in [0.2, 0.25) is 0 Å². The van der Waals surface area contributed by atoms with Gasteiger partial charge in [0, 0.05) is 18.3 Å². The number of ether oxygens (including phenoxy) is 1. The maximum atomic E-state index is 13.2. The van der Waals surface area contributed by atoms with Crippen molar-refractivity contribution in [2.24, 2.45) is 0 Å². The fraction of sp³-hybridized carbons (Fsp3) is 0.125. The van der Waals surface area contributed by atoms with E-state index < -0.39 is 6.09 Å². The number of nitrogens with one attached hydrogen (secondary N) is 1. The number of aryl methyl sites for hydroxylation is 1. The molecule has 4 aromatic rings. The number of nitriles is 1. The van der Waals surface area contributed by atoms with Gasteiger partial charge in [0.25, 0.3) is 5.91 Å². The van der Waals surface area contributed by atoms with Crippen LogP contribution >= 0.6 is 0 Å². The second-order valence-electron chi connectivity index (χ2n) is 7.32. The van der Waals surface area contributed by atoms with E-state index in [9.17, 15) is 9.59 Å². The van der Waals surface area contributed by atoms with Crippen molar-refractivity contribution < 1.29 is 14.3 Å². The molecule has 0 saturated heterocycles. The number of aromatic nitrogens is 3. The molecule has 0 saturated carbocycles. The highest BCUT2D eigenvalue weighted by molar-refractivity contribution is 6.07. The number of amides is 2. The van der Waals surface area contributed by atoms with Crippen LogP contribution in [0.15, 0.2) is 61.1 Å². The number of benzene rings is 2. The molecule has 9 nitrogen and oxygen atoms in total. The lowest BCUT2D eigenvalue weighted by Gasteiger charge is -2.18. The average Bonchev–Trinajstić information content (AvgIpc) is 3.28. The maximum Gasteiger partial charge on any atom is 0.412 e. The lowest BCUT2D eigenvalue weighted by molar-refractivity contribution is 0.0993. The number of hydrogen-bond acceptors (Lipinski definition) is 6. The van der Waals surface area contributed by atoms with Gasteiger partial charge in [0.2, 0.25) is 0 Å². The SMILES string of the molecule is COC(=O)Nc1ccc(-n2cnc3c(C)cc(C(=O)N(C)c4ccc(C#N)cc4)cc32)cn1. The first-order chi connectivity index (χ1) is 15.9. The van der Waals surface area contributed by atoms with E-state index >= 15 is 0 Å². The first kappa shape index (κ1) is 21.5. The molecule has 2 amide bonds. The van der Waals surface area contributed by atoms with Crippen molar-refractivity contribution in [3.05, 3.63) is 77.7 Å². The van der Waals surface area contributed by atoms with Gasteiger partial charge in [-0.05, 0) is 61.0 Å². The molecule has 0 bridgehead atoms. The Hall–Kier alpha value is -4.71. The van der Waals surface area contributed by atoms with Gasteiger partial charge in [0.05, 0.1) is 41.7 Å².